The Bertz CT molecular complexity index is 245. The Morgan fingerprint density at radius 1 is 1.20 bits per heavy atom. The van der Waals surface area contributed by atoms with Crippen LogP contribution in [0, 0.1) is 17.8 Å². The van der Waals surface area contributed by atoms with E-state index in [2.05, 4.69) is 17.5 Å². The van der Waals surface area contributed by atoms with E-state index >= 15 is 0 Å². The molecule has 0 aromatic heterocycles. The van der Waals surface area contributed by atoms with Crippen molar-refractivity contribution in [3.63, 3.8) is 0 Å². The number of ether oxygens (including phenoxy) is 1. The van der Waals surface area contributed by atoms with Gasteiger partial charge in [-0.15, -0.1) is 0 Å². The second kappa shape index (κ2) is 4.26. The van der Waals surface area contributed by atoms with Gasteiger partial charge in [0.2, 0.25) is 0 Å². The van der Waals surface area contributed by atoms with Crippen LogP contribution >= 0.6 is 0 Å². The van der Waals surface area contributed by atoms with Crippen LogP contribution < -0.4 is 5.32 Å². The van der Waals surface area contributed by atoms with E-state index in [1.165, 1.54) is 32.2 Å². The van der Waals surface area contributed by atoms with Crippen molar-refractivity contribution in [2.24, 2.45) is 17.8 Å². The van der Waals surface area contributed by atoms with Gasteiger partial charge in [0, 0.05) is 13.2 Å². The van der Waals surface area contributed by atoms with Crippen LogP contribution in [-0.4, -0.2) is 25.8 Å². The summed E-state index contributed by atoms with van der Waals surface area (Å²) in [5.41, 5.74) is 0. The molecule has 2 aliphatic carbocycles. The fourth-order valence-electron chi connectivity index (χ4n) is 3.36. The lowest BCUT2D eigenvalue weighted by atomic mass is 9.93. The van der Waals surface area contributed by atoms with Crippen molar-refractivity contribution in [3.05, 3.63) is 12.2 Å². The number of hydrogen-bond donors (Lipinski definition) is 1. The molecule has 15 heavy (non-hydrogen) atoms. The SMILES string of the molecule is C1=C[C@@H]2C[C@H]1C[C@@H]2CNC[C@@H]1CCCO1. The molecule has 3 aliphatic rings. The van der Waals surface area contributed by atoms with Gasteiger partial charge in [-0.1, -0.05) is 12.2 Å². The highest BCUT2D eigenvalue weighted by Crippen LogP contribution is 2.42. The predicted octanol–water partition coefficient (Wildman–Crippen LogP) is 1.97. The highest BCUT2D eigenvalue weighted by Gasteiger charge is 2.35. The smallest absolute Gasteiger partial charge is 0.0700 e. The molecule has 1 saturated heterocycles. The Morgan fingerprint density at radius 3 is 2.87 bits per heavy atom. The fraction of sp³-hybridized carbons (Fsp3) is 0.846. The molecule has 2 nitrogen and oxygen atoms in total. The molecule has 0 radical (unpaired) electrons. The minimum absolute atomic E-state index is 0.499. The predicted molar refractivity (Wildman–Crippen MR) is 60.7 cm³/mol. The van der Waals surface area contributed by atoms with Crippen molar-refractivity contribution < 1.29 is 4.74 Å². The Morgan fingerprint density at radius 2 is 2.20 bits per heavy atom. The van der Waals surface area contributed by atoms with Crippen LogP contribution in [0.5, 0.6) is 0 Å². The van der Waals surface area contributed by atoms with Gasteiger partial charge < -0.3 is 10.1 Å². The molecule has 1 N–H and O–H groups in total. The maximum absolute atomic E-state index is 5.60. The summed E-state index contributed by atoms with van der Waals surface area (Å²) in [6, 6.07) is 0. The third kappa shape index (κ3) is 2.11. The minimum atomic E-state index is 0.499. The number of nitrogens with one attached hydrogen (secondary N) is 1. The molecule has 1 heterocycles. The summed E-state index contributed by atoms with van der Waals surface area (Å²) in [4.78, 5) is 0. The van der Waals surface area contributed by atoms with Crippen LogP contribution in [0.2, 0.25) is 0 Å². The molecule has 1 aliphatic heterocycles. The quantitative estimate of drug-likeness (QED) is 0.712. The Labute approximate surface area is 92.1 Å². The molecule has 2 fully saturated rings. The maximum Gasteiger partial charge on any atom is 0.0700 e. The van der Waals surface area contributed by atoms with E-state index in [-0.39, 0.29) is 0 Å². The van der Waals surface area contributed by atoms with Gasteiger partial charge in [0.1, 0.15) is 0 Å². The van der Waals surface area contributed by atoms with E-state index in [1.54, 1.807) is 0 Å². The first-order valence-electron chi connectivity index (χ1n) is 6.42. The molecule has 0 spiro atoms. The molecule has 0 amide bonds. The molecule has 0 aromatic rings. The van der Waals surface area contributed by atoms with Gasteiger partial charge in [-0.05, 0) is 50.0 Å². The van der Waals surface area contributed by atoms with Crippen LogP contribution in [0.1, 0.15) is 25.7 Å². The second-order valence-electron chi connectivity index (χ2n) is 5.33. The van der Waals surface area contributed by atoms with Crippen LogP contribution in [0.25, 0.3) is 0 Å². The first kappa shape index (κ1) is 9.86. The fourth-order valence-corrected chi connectivity index (χ4v) is 3.36. The van der Waals surface area contributed by atoms with Crippen molar-refractivity contribution in [3.8, 4) is 0 Å². The van der Waals surface area contributed by atoms with E-state index in [0.29, 0.717) is 6.10 Å². The van der Waals surface area contributed by atoms with E-state index in [9.17, 15) is 0 Å². The average molecular weight is 207 g/mol. The van der Waals surface area contributed by atoms with Gasteiger partial charge in [-0.2, -0.15) is 0 Å². The summed E-state index contributed by atoms with van der Waals surface area (Å²) in [5.74, 6) is 2.69. The first-order chi connectivity index (χ1) is 7.42. The van der Waals surface area contributed by atoms with E-state index in [0.717, 1.165) is 30.9 Å². The summed E-state index contributed by atoms with van der Waals surface area (Å²) in [7, 11) is 0. The molecule has 2 bridgehead atoms. The lowest BCUT2D eigenvalue weighted by molar-refractivity contribution is 0.109. The zero-order valence-electron chi connectivity index (χ0n) is 9.32. The van der Waals surface area contributed by atoms with Crippen molar-refractivity contribution >= 4 is 0 Å². The van der Waals surface area contributed by atoms with Crippen molar-refractivity contribution in [1.82, 2.24) is 5.32 Å². The van der Waals surface area contributed by atoms with Crippen LogP contribution in [-0.2, 0) is 4.74 Å². The zero-order valence-corrected chi connectivity index (χ0v) is 9.32. The van der Waals surface area contributed by atoms with Crippen molar-refractivity contribution in [1.29, 1.82) is 0 Å². The third-order valence-electron chi connectivity index (χ3n) is 4.22. The van der Waals surface area contributed by atoms with Crippen LogP contribution in [0.3, 0.4) is 0 Å². The summed E-state index contributed by atoms with van der Waals surface area (Å²) in [6.45, 7) is 3.24. The van der Waals surface area contributed by atoms with Gasteiger partial charge in [0.05, 0.1) is 6.10 Å². The summed E-state index contributed by atoms with van der Waals surface area (Å²) in [5, 5.41) is 3.60. The van der Waals surface area contributed by atoms with E-state index < -0.39 is 0 Å². The molecule has 3 rings (SSSR count). The molecule has 4 atom stereocenters. The van der Waals surface area contributed by atoms with Gasteiger partial charge >= 0.3 is 0 Å². The summed E-state index contributed by atoms with van der Waals surface area (Å²) < 4.78 is 5.60. The Balaban J connectivity index is 1.38. The maximum atomic E-state index is 5.60. The summed E-state index contributed by atoms with van der Waals surface area (Å²) >= 11 is 0. The molecular formula is C13H21NO. The van der Waals surface area contributed by atoms with E-state index in [4.69, 9.17) is 4.74 Å². The van der Waals surface area contributed by atoms with Gasteiger partial charge in [0.15, 0.2) is 0 Å². The second-order valence-corrected chi connectivity index (χ2v) is 5.33. The number of fused-ring (bicyclic) bond motifs is 2. The number of hydrogen-bond acceptors (Lipinski definition) is 2. The topological polar surface area (TPSA) is 21.3 Å². The van der Waals surface area contributed by atoms with Crippen molar-refractivity contribution in [2.75, 3.05) is 19.7 Å². The number of allylic oxidation sites excluding steroid dienone is 2. The van der Waals surface area contributed by atoms with Crippen molar-refractivity contribution in [2.45, 2.75) is 31.8 Å². The monoisotopic (exact) mass is 207 g/mol. The standard InChI is InChI=1S/C13H21NO/c1-2-13(15-5-1)9-14-8-12-7-10-3-4-11(12)6-10/h3-4,10-14H,1-2,5-9H2/t10-,11+,12+,13-/m0/s1. The highest BCUT2D eigenvalue weighted by atomic mass is 16.5. The molecular weight excluding hydrogens is 186 g/mol. The normalized spacial score (nSPS) is 42.9. The van der Waals surface area contributed by atoms with Crippen LogP contribution in [0.4, 0.5) is 0 Å². The summed E-state index contributed by atoms with van der Waals surface area (Å²) in [6.07, 6.45) is 10.7. The van der Waals surface area contributed by atoms with E-state index in [1.807, 2.05) is 0 Å². The Hall–Kier alpha value is -0.340. The lowest BCUT2D eigenvalue weighted by Crippen LogP contribution is -2.31. The largest absolute Gasteiger partial charge is 0.377 e. The lowest BCUT2D eigenvalue weighted by Gasteiger charge is -2.19. The molecule has 1 saturated carbocycles. The minimum Gasteiger partial charge on any atom is -0.377 e. The van der Waals surface area contributed by atoms with Gasteiger partial charge in [-0.25, -0.2) is 0 Å². The average Bonchev–Trinajstić information content (AvgIpc) is 2.93. The molecule has 84 valence electrons. The zero-order chi connectivity index (χ0) is 10.1. The first-order valence-corrected chi connectivity index (χ1v) is 6.42. The molecule has 0 aromatic carbocycles. The van der Waals surface area contributed by atoms with Gasteiger partial charge in [0.25, 0.3) is 0 Å². The third-order valence-corrected chi connectivity index (χ3v) is 4.22. The van der Waals surface area contributed by atoms with Gasteiger partial charge in [-0.3, -0.25) is 0 Å². The number of rotatable bonds is 4. The van der Waals surface area contributed by atoms with Crippen LogP contribution in [0.15, 0.2) is 12.2 Å². The Kier molecular flexibility index (Phi) is 2.80. The highest BCUT2D eigenvalue weighted by molar-refractivity contribution is 5.10. The molecule has 2 heteroatoms. The molecule has 0 unspecified atom stereocenters.